The second-order valence-electron chi connectivity index (χ2n) is 5.58. The van der Waals surface area contributed by atoms with Crippen LogP contribution in [0, 0.1) is 0 Å². The number of aldehydes is 1. The number of ether oxygens (including phenoxy) is 2. The summed E-state index contributed by atoms with van der Waals surface area (Å²) >= 11 is 0. The zero-order chi connectivity index (χ0) is 16.6. The Morgan fingerprint density at radius 1 is 1.26 bits per heavy atom. The van der Waals surface area contributed by atoms with Gasteiger partial charge in [0.25, 0.3) is 0 Å². The molecule has 1 atom stereocenters. The van der Waals surface area contributed by atoms with E-state index in [2.05, 4.69) is 6.58 Å². The van der Waals surface area contributed by atoms with Crippen LogP contribution >= 0.6 is 0 Å². The number of nitrogens with zero attached hydrogens (tertiary/aromatic N) is 1. The average Bonchev–Trinajstić information content (AvgIpc) is 3.15. The summed E-state index contributed by atoms with van der Waals surface area (Å²) in [5, 5.41) is 0. The van der Waals surface area contributed by atoms with E-state index in [0.717, 1.165) is 11.2 Å². The summed E-state index contributed by atoms with van der Waals surface area (Å²) in [6.07, 6.45) is 1.41. The van der Waals surface area contributed by atoms with Gasteiger partial charge >= 0.3 is 0 Å². The minimum Gasteiger partial charge on any atom is -0.454 e. The Morgan fingerprint density at radius 2 is 1.91 bits per heavy atom. The number of fused-ring (bicyclic) bond motifs is 1. The van der Waals surface area contributed by atoms with Crippen molar-refractivity contribution in [1.82, 2.24) is 4.90 Å². The third-order valence-corrected chi connectivity index (χ3v) is 4.48. The summed E-state index contributed by atoms with van der Waals surface area (Å²) in [4.78, 5) is 37.0. The number of hydrogen-bond donors (Lipinski definition) is 0. The summed E-state index contributed by atoms with van der Waals surface area (Å²) < 4.78 is 10.6. The van der Waals surface area contributed by atoms with Crippen LogP contribution in [0.2, 0.25) is 0 Å². The quantitative estimate of drug-likeness (QED) is 0.613. The molecule has 6 nitrogen and oxygen atoms in total. The number of hydrogen-bond acceptors (Lipinski definition) is 5. The molecule has 23 heavy (non-hydrogen) atoms. The predicted molar refractivity (Wildman–Crippen MR) is 80.8 cm³/mol. The first-order chi connectivity index (χ1) is 11.0. The largest absolute Gasteiger partial charge is 0.454 e. The Labute approximate surface area is 133 Å². The first-order valence-electron chi connectivity index (χ1n) is 7.45. The van der Waals surface area contributed by atoms with Gasteiger partial charge in [0, 0.05) is 18.5 Å². The van der Waals surface area contributed by atoms with Crippen LogP contribution < -0.4 is 9.47 Å². The van der Waals surface area contributed by atoms with Crippen molar-refractivity contribution >= 4 is 18.1 Å². The van der Waals surface area contributed by atoms with Crippen molar-refractivity contribution in [2.45, 2.75) is 31.6 Å². The minimum atomic E-state index is -1.16. The van der Waals surface area contributed by atoms with Crippen LogP contribution in [0.3, 0.4) is 0 Å². The fourth-order valence-electron chi connectivity index (χ4n) is 3.05. The van der Waals surface area contributed by atoms with E-state index < -0.39 is 5.41 Å². The van der Waals surface area contributed by atoms with Crippen molar-refractivity contribution in [3.8, 4) is 11.5 Å². The van der Waals surface area contributed by atoms with Crippen LogP contribution in [0.5, 0.6) is 11.5 Å². The summed E-state index contributed by atoms with van der Waals surface area (Å²) in [5.41, 5.74) is -0.338. The van der Waals surface area contributed by atoms with Gasteiger partial charge in [-0.2, -0.15) is 0 Å². The molecular weight excluding hydrogens is 298 g/mol. The molecule has 0 aromatic heterocycles. The monoisotopic (exact) mass is 315 g/mol. The summed E-state index contributed by atoms with van der Waals surface area (Å²) in [5.74, 6) is 0.499. The highest BCUT2D eigenvalue weighted by molar-refractivity contribution is 6.04. The van der Waals surface area contributed by atoms with E-state index in [-0.39, 0.29) is 37.1 Å². The Kier molecular flexibility index (Phi) is 3.67. The molecule has 2 aliphatic rings. The highest BCUT2D eigenvalue weighted by atomic mass is 16.7. The molecule has 0 saturated carbocycles. The van der Waals surface area contributed by atoms with E-state index in [1.807, 2.05) is 6.92 Å². The number of amides is 2. The van der Waals surface area contributed by atoms with Gasteiger partial charge in [0.1, 0.15) is 6.29 Å². The lowest BCUT2D eigenvalue weighted by atomic mass is 9.76. The third-order valence-electron chi connectivity index (χ3n) is 4.48. The van der Waals surface area contributed by atoms with Gasteiger partial charge in [-0.25, -0.2) is 0 Å². The summed E-state index contributed by atoms with van der Waals surface area (Å²) in [6, 6.07) is 5.16. The van der Waals surface area contributed by atoms with Gasteiger partial charge < -0.3 is 14.3 Å². The highest BCUT2D eigenvalue weighted by Gasteiger charge is 2.43. The molecule has 2 aliphatic heterocycles. The molecule has 0 aliphatic carbocycles. The number of carbonyl (C=O) groups excluding carboxylic acids is 3. The fraction of sp³-hybridized carbons (Fsp3) is 0.353. The smallest absolute Gasteiger partial charge is 0.234 e. The van der Waals surface area contributed by atoms with Crippen molar-refractivity contribution in [2.75, 3.05) is 6.79 Å². The Bertz CT molecular complexity index is 695. The second-order valence-corrected chi connectivity index (χ2v) is 5.58. The molecule has 6 heteroatoms. The number of imide groups is 1. The van der Waals surface area contributed by atoms with Crippen LogP contribution in [0.15, 0.2) is 30.5 Å². The molecule has 0 N–H and O–H groups in total. The van der Waals surface area contributed by atoms with Gasteiger partial charge in [-0.15, -0.1) is 0 Å². The lowest BCUT2D eigenvalue weighted by Crippen LogP contribution is -2.41. The van der Waals surface area contributed by atoms with Gasteiger partial charge in [-0.05, 0) is 24.1 Å². The number of likely N-dealkylation sites (tertiary alicyclic amines) is 1. The number of carbonyl (C=O) groups is 3. The molecule has 1 aromatic rings. The molecule has 1 unspecified atom stereocenters. The molecule has 2 heterocycles. The first-order valence-corrected chi connectivity index (χ1v) is 7.45. The summed E-state index contributed by atoms with van der Waals surface area (Å²) in [7, 11) is 0. The molecule has 1 fully saturated rings. The lowest BCUT2D eigenvalue weighted by molar-refractivity contribution is -0.136. The molecule has 0 spiro atoms. The number of allylic oxidation sites excluding steroid dienone is 1. The van der Waals surface area contributed by atoms with Crippen LogP contribution in [0.4, 0.5) is 0 Å². The van der Waals surface area contributed by atoms with E-state index >= 15 is 0 Å². The molecule has 120 valence electrons. The van der Waals surface area contributed by atoms with Crippen molar-refractivity contribution < 1.29 is 23.9 Å². The highest BCUT2D eigenvalue weighted by Crippen LogP contribution is 2.41. The average molecular weight is 315 g/mol. The Morgan fingerprint density at radius 3 is 2.52 bits per heavy atom. The molecule has 0 bridgehead atoms. The van der Waals surface area contributed by atoms with Crippen molar-refractivity contribution in [3.05, 3.63) is 36.0 Å². The summed E-state index contributed by atoms with van der Waals surface area (Å²) in [6.45, 7) is 5.85. The predicted octanol–water partition coefficient (Wildman–Crippen LogP) is 1.92. The Balaban J connectivity index is 2.06. The van der Waals surface area contributed by atoms with Gasteiger partial charge in [0.05, 0.1) is 5.41 Å². The third kappa shape index (κ3) is 2.21. The Hall–Kier alpha value is -2.63. The normalized spacial score (nSPS) is 18.9. The van der Waals surface area contributed by atoms with E-state index in [0.29, 0.717) is 23.5 Å². The second kappa shape index (κ2) is 5.53. The van der Waals surface area contributed by atoms with Gasteiger partial charge in [-0.3, -0.25) is 14.5 Å². The van der Waals surface area contributed by atoms with Crippen molar-refractivity contribution in [3.63, 3.8) is 0 Å². The van der Waals surface area contributed by atoms with Crippen molar-refractivity contribution in [2.24, 2.45) is 0 Å². The topological polar surface area (TPSA) is 72.9 Å². The van der Waals surface area contributed by atoms with Crippen molar-refractivity contribution in [1.29, 1.82) is 0 Å². The zero-order valence-corrected chi connectivity index (χ0v) is 12.8. The van der Waals surface area contributed by atoms with E-state index in [1.54, 1.807) is 18.2 Å². The van der Waals surface area contributed by atoms with Crippen LogP contribution in [0.1, 0.15) is 31.7 Å². The van der Waals surface area contributed by atoms with Gasteiger partial charge in [0.2, 0.25) is 18.6 Å². The molecule has 3 rings (SSSR count). The van der Waals surface area contributed by atoms with E-state index in [4.69, 9.17) is 9.47 Å². The van der Waals surface area contributed by atoms with Gasteiger partial charge in [-0.1, -0.05) is 19.6 Å². The maximum absolute atomic E-state index is 12.0. The molecule has 1 saturated heterocycles. The van der Waals surface area contributed by atoms with Crippen LogP contribution in [-0.4, -0.2) is 29.8 Å². The van der Waals surface area contributed by atoms with E-state index in [9.17, 15) is 14.4 Å². The molecular formula is C17H17NO5. The first kappa shape index (κ1) is 15.3. The van der Waals surface area contributed by atoms with E-state index in [1.165, 1.54) is 0 Å². The molecule has 2 amide bonds. The van der Waals surface area contributed by atoms with Crippen LogP contribution in [-0.2, 0) is 19.8 Å². The lowest BCUT2D eigenvalue weighted by Gasteiger charge is -2.33. The SMILES string of the molecule is C=C(N1C(=O)CCC1=O)C(C=O)(CC)c1ccc2c(c1)OCO2. The molecule has 1 aromatic carbocycles. The zero-order valence-electron chi connectivity index (χ0n) is 12.8. The maximum atomic E-state index is 12.0. The van der Waals surface area contributed by atoms with Crippen LogP contribution in [0.25, 0.3) is 0 Å². The number of rotatable bonds is 5. The van der Waals surface area contributed by atoms with Gasteiger partial charge in [0.15, 0.2) is 11.5 Å². The minimum absolute atomic E-state index is 0.128. The fourth-order valence-corrected chi connectivity index (χ4v) is 3.05. The standard InChI is InChI=1S/C17H17NO5/c1-3-17(9-19,11(2)18-15(20)6-7-16(18)21)12-4-5-13-14(8-12)23-10-22-13/h4-5,8-9H,2-3,6-7,10H2,1H3. The molecule has 0 radical (unpaired) electrons. The maximum Gasteiger partial charge on any atom is 0.234 e. The number of benzene rings is 1.